The van der Waals surface area contributed by atoms with Gasteiger partial charge in [-0.25, -0.2) is 0 Å². The molecule has 1 aromatic rings. The third-order valence-electron chi connectivity index (χ3n) is 3.19. The smallest absolute Gasteiger partial charge is 0.123 e. The first-order chi connectivity index (χ1) is 8.60. The van der Waals surface area contributed by atoms with Crippen molar-refractivity contribution in [3.05, 3.63) is 23.3 Å². The Kier molecular flexibility index (Phi) is 4.39. The summed E-state index contributed by atoms with van der Waals surface area (Å²) in [7, 11) is 0. The Morgan fingerprint density at radius 3 is 2.94 bits per heavy atom. The van der Waals surface area contributed by atoms with Gasteiger partial charge in [0.05, 0.1) is 6.61 Å². The molecule has 0 aromatic heterocycles. The minimum absolute atomic E-state index is 0.188. The summed E-state index contributed by atoms with van der Waals surface area (Å²) < 4.78 is 11.5. The van der Waals surface area contributed by atoms with Gasteiger partial charge in [0.1, 0.15) is 17.6 Å². The molecule has 1 heterocycles. The molecular weight excluding hydrogens is 248 g/mol. The van der Waals surface area contributed by atoms with Crippen LogP contribution in [0.15, 0.2) is 12.1 Å². The fourth-order valence-corrected chi connectivity index (χ4v) is 2.43. The predicted octanol–water partition coefficient (Wildman–Crippen LogP) is 3.97. The van der Waals surface area contributed by atoms with Crippen molar-refractivity contribution in [1.82, 2.24) is 0 Å². The van der Waals surface area contributed by atoms with Gasteiger partial charge in [0.15, 0.2) is 0 Å². The molecular formula is C15H21ClO2. The fourth-order valence-electron chi connectivity index (χ4n) is 2.32. The largest absolute Gasteiger partial charge is 0.494 e. The fraction of sp³-hybridized carbons (Fsp3) is 0.600. The van der Waals surface area contributed by atoms with Crippen molar-refractivity contribution < 1.29 is 9.47 Å². The molecule has 0 bridgehead atoms. The lowest BCUT2D eigenvalue weighted by molar-refractivity contribution is 0.254. The highest BCUT2D eigenvalue weighted by Crippen LogP contribution is 2.35. The Labute approximate surface area is 114 Å². The van der Waals surface area contributed by atoms with E-state index in [0.29, 0.717) is 6.61 Å². The minimum atomic E-state index is 0.188. The summed E-state index contributed by atoms with van der Waals surface area (Å²) in [6.45, 7) is 6.83. The molecule has 0 fully saturated rings. The molecule has 1 aromatic carbocycles. The molecule has 0 radical (unpaired) electrons. The zero-order chi connectivity index (χ0) is 13.1. The second kappa shape index (κ2) is 5.83. The second-order valence-corrected chi connectivity index (χ2v) is 5.70. The molecule has 0 saturated heterocycles. The van der Waals surface area contributed by atoms with E-state index in [1.54, 1.807) is 0 Å². The number of rotatable bonds is 5. The monoisotopic (exact) mass is 268 g/mol. The molecule has 0 N–H and O–H groups in total. The van der Waals surface area contributed by atoms with Crippen LogP contribution in [0.5, 0.6) is 11.5 Å². The summed E-state index contributed by atoms with van der Waals surface area (Å²) in [6.07, 6.45) is 3.14. The van der Waals surface area contributed by atoms with Crippen molar-refractivity contribution in [3.8, 4) is 11.5 Å². The Morgan fingerprint density at radius 2 is 2.28 bits per heavy atom. The Bertz CT molecular complexity index is 415. The molecule has 100 valence electrons. The van der Waals surface area contributed by atoms with Crippen molar-refractivity contribution in [2.75, 3.05) is 6.61 Å². The molecule has 0 spiro atoms. The first kappa shape index (κ1) is 13.5. The van der Waals surface area contributed by atoms with Crippen molar-refractivity contribution in [3.63, 3.8) is 0 Å². The molecule has 1 aliphatic rings. The van der Waals surface area contributed by atoms with Gasteiger partial charge >= 0.3 is 0 Å². The van der Waals surface area contributed by atoms with Crippen LogP contribution < -0.4 is 9.47 Å². The predicted molar refractivity (Wildman–Crippen MR) is 75.0 cm³/mol. The van der Waals surface area contributed by atoms with Crippen LogP contribution in [0.4, 0.5) is 0 Å². The molecule has 1 aliphatic heterocycles. The highest BCUT2D eigenvalue weighted by Gasteiger charge is 2.21. The molecule has 2 nitrogen and oxygen atoms in total. The van der Waals surface area contributed by atoms with Crippen molar-refractivity contribution >= 4 is 11.6 Å². The zero-order valence-corrected chi connectivity index (χ0v) is 12.1. The first-order valence-electron chi connectivity index (χ1n) is 6.69. The average Bonchev–Trinajstić information content (AvgIpc) is 2.65. The number of hydrogen-bond acceptors (Lipinski definition) is 2. The van der Waals surface area contributed by atoms with Crippen LogP contribution in [-0.4, -0.2) is 18.1 Å². The van der Waals surface area contributed by atoms with Gasteiger partial charge in [-0.1, -0.05) is 0 Å². The van der Waals surface area contributed by atoms with Crippen LogP contribution in [0.25, 0.3) is 0 Å². The number of halogens is 1. The van der Waals surface area contributed by atoms with E-state index in [1.807, 2.05) is 13.8 Å². The molecule has 0 saturated carbocycles. The lowest BCUT2D eigenvalue weighted by atomic mass is 10.0. The van der Waals surface area contributed by atoms with Crippen LogP contribution in [0, 0.1) is 0 Å². The summed E-state index contributed by atoms with van der Waals surface area (Å²) in [5, 5.41) is 0.188. The van der Waals surface area contributed by atoms with Crippen molar-refractivity contribution in [2.45, 2.75) is 51.5 Å². The van der Waals surface area contributed by atoms with Gasteiger partial charge in [-0.2, -0.15) is 0 Å². The van der Waals surface area contributed by atoms with E-state index in [0.717, 1.165) is 30.8 Å². The van der Waals surface area contributed by atoms with Crippen LogP contribution in [0.3, 0.4) is 0 Å². The Hall–Kier alpha value is -0.890. The van der Waals surface area contributed by atoms with Crippen LogP contribution >= 0.6 is 11.6 Å². The molecule has 3 heteroatoms. The highest BCUT2D eigenvalue weighted by atomic mass is 35.5. The van der Waals surface area contributed by atoms with Crippen LogP contribution in [0.1, 0.15) is 38.3 Å². The summed E-state index contributed by atoms with van der Waals surface area (Å²) in [5.41, 5.74) is 2.46. The molecule has 18 heavy (non-hydrogen) atoms. The third kappa shape index (κ3) is 3.11. The van der Waals surface area contributed by atoms with E-state index in [-0.39, 0.29) is 11.5 Å². The molecule has 0 amide bonds. The Morgan fingerprint density at radius 1 is 1.50 bits per heavy atom. The second-order valence-electron chi connectivity index (χ2n) is 4.95. The summed E-state index contributed by atoms with van der Waals surface area (Å²) in [4.78, 5) is 0. The van der Waals surface area contributed by atoms with Crippen molar-refractivity contribution in [1.29, 1.82) is 0 Å². The summed E-state index contributed by atoms with van der Waals surface area (Å²) in [6, 6.07) is 4.26. The lowest BCUT2D eigenvalue weighted by Gasteiger charge is -2.13. The zero-order valence-electron chi connectivity index (χ0n) is 11.3. The van der Waals surface area contributed by atoms with Gasteiger partial charge in [0.2, 0.25) is 0 Å². The molecule has 2 unspecified atom stereocenters. The third-order valence-corrected chi connectivity index (χ3v) is 3.41. The number of ether oxygens (including phenoxy) is 2. The lowest BCUT2D eigenvalue weighted by Crippen LogP contribution is -2.05. The van der Waals surface area contributed by atoms with Crippen LogP contribution in [-0.2, 0) is 12.8 Å². The SMILES string of the molecule is CCOc1cc2c(cc1CCC(C)Cl)OC(C)C2. The minimum Gasteiger partial charge on any atom is -0.494 e. The number of alkyl halides is 1. The van der Waals surface area contributed by atoms with Gasteiger partial charge in [0.25, 0.3) is 0 Å². The van der Waals surface area contributed by atoms with Gasteiger partial charge in [-0.05, 0) is 51.3 Å². The maximum Gasteiger partial charge on any atom is 0.123 e. The van der Waals surface area contributed by atoms with Gasteiger partial charge < -0.3 is 9.47 Å². The van der Waals surface area contributed by atoms with E-state index >= 15 is 0 Å². The average molecular weight is 269 g/mol. The summed E-state index contributed by atoms with van der Waals surface area (Å²) >= 11 is 6.03. The highest BCUT2D eigenvalue weighted by molar-refractivity contribution is 6.20. The van der Waals surface area contributed by atoms with E-state index < -0.39 is 0 Å². The van der Waals surface area contributed by atoms with Gasteiger partial charge in [-0.15, -0.1) is 11.6 Å². The molecule has 2 rings (SSSR count). The number of benzene rings is 1. The number of aryl methyl sites for hydroxylation is 1. The molecule has 0 aliphatic carbocycles. The normalized spacial score (nSPS) is 19.2. The van der Waals surface area contributed by atoms with Crippen molar-refractivity contribution in [2.24, 2.45) is 0 Å². The Balaban J connectivity index is 2.23. The maximum atomic E-state index is 6.03. The quantitative estimate of drug-likeness (QED) is 0.753. The first-order valence-corrected chi connectivity index (χ1v) is 7.13. The van der Waals surface area contributed by atoms with Gasteiger partial charge in [-0.3, -0.25) is 0 Å². The van der Waals surface area contributed by atoms with E-state index in [4.69, 9.17) is 21.1 Å². The van der Waals surface area contributed by atoms with E-state index in [1.165, 1.54) is 11.1 Å². The topological polar surface area (TPSA) is 18.5 Å². The van der Waals surface area contributed by atoms with E-state index in [9.17, 15) is 0 Å². The summed E-state index contributed by atoms with van der Waals surface area (Å²) in [5.74, 6) is 2.01. The number of hydrogen-bond donors (Lipinski definition) is 0. The maximum absolute atomic E-state index is 6.03. The molecule has 2 atom stereocenters. The van der Waals surface area contributed by atoms with Crippen LogP contribution in [0.2, 0.25) is 0 Å². The number of fused-ring (bicyclic) bond motifs is 1. The standard InChI is InChI=1S/C15H21ClO2/c1-4-17-14-9-13-7-11(3)18-15(13)8-12(14)6-5-10(2)16/h8-11H,4-7H2,1-3H3. The van der Waals surface area contributed by atoms with E-state index in [2.05, 4.69) is 19.1 Å². The van der Waals surface area contributed by atoms with Gasteiger partial charge in [0, 0.05) is 17.4 Å².